The van der Waals surface area contributed by atoms with Gasteiger partial charge in [0.1, 0.15) is 5.82 Å². The van der Waals surface area contributed by atoms with Gasteiger partial charge in [-0.1, -0.05) is 29.4 Å². The van der Waals surface area contributed by atoms with Gasteiger partial charge in [0.2, 0.25) is 17.6 Å². The zero-order chi connectivity index (χ0) is 18.3. The van der Waals surface area contributed by atoms with E-state index in [9.17, 15) is 9.18 Å². The van der Waals surface area contributed by atoms with Crippen LogP contribution in [0, 0.1) is 19.7 Å². The van der Waals surface area contributed by atoms with Gasteiger partial charge in [-0.15, -0.1) is 0 Å². The minimum Gasteiger partial charge on any atom is -0.339 e. The fourth-order valence-corrected chi connectivity index (χ4v) is 3.26. The fraction of sp³-hybridized carbons (Fsp3) is 0.250. The third-order valence-corrected chi connectivity index (χ3v) is 4.65. The lowest BCUT2D eigenvalue weighted by Crippen LogP contribution is -2.25. The molecule has 2 aromatic carbocycles. The number of rotatable bonds is 3. The molecule has 1 unspecified atom stereocenters. The van der Waals surface area contributed by atoms with E-state index in [1.165, 1.54) is 12.1 Å². The second-order valence-corrected chi connectivity index (χ2v) is 6.66. The van der Waals surface area contributed by atoms with E-state index in [0.717, 1.165) is 16.8 Å². The van der Waals surface area contributed by atoms with Crippen LogP contribution in [-0.4, -0.2) is 22.6 Å². The van der Waals surface area contributed by atoms with Crippen LogP contribution in [0.3, 0.4) is 0 Å². The number of carbonyl (C=O) groups excluding carboxylic acids is 1. The summed E-state index contributed by atoms with van der Waals surface area (Å²) in [5, 5.41) is 3.94. The molecule has 1 aliphatic heterocycles. The van der Waals surface area contributed by atoms with E-state index in [4.69, 9.17) is 4.52 Å². The Morgan fingerprint density at radius 1 is 1.19 bits per heavy atom. The number of aryl methyl sites for hydroxylation is 2. The molecule has 6 heteroatoms. The number of nitrogens with zero attached hydrogens (tertiary/aromatic N) is 3. The Hall–Kier alpha value is -3.02. The van der Waals surface area contributed by atoms with Crippen LogP contribution in [0.4, 0.5) is 10.1 Å². The van der Waals surface area contributed by atoms with Crippen LogP contribution in [0.5, 0.6) is 0 Å². The van der Waals surface area contributed by atoms with Crippen LogP contribution >= 0.6 is 0 Å². The number of halogens is 1. The van der Waals surface area contributed by atoms with Crippen molar-refractivity contribution in [1.82, 2.24) is 10.1 Å². The van der Waals surface area contributed by atoms with Gasteiger partial charge in [-0.25, -0.2) is 4.39 Å². The fourth-order valence-electron chi connectivity index (χ4n) is 3.26. The van der Waals surface area contributed by atoms with Crippen LogP contribution < -0.4 is 4.90 Å². The Morgan fingerprint density at radius 2 is 2.04 bits per heavy atom. The Kier molecular flexibility index (Phi) is 4.03. The number of hydrogen-bond acceptors (Lipinski definition) is 4. The molecule has 0 saturated carbocycles. The van der Waals surface area contributed by atoms with Crippen molar-refractivity contribution in [3.63, 3.8) is 0 Å². The number of benzene rings is 2. The molecule has 0 radical (unpaired) electrons. The normalized spacial score (nSPS) is 17.1. The van der Waals surface area contributed by atoms with Crippen LogP contribution in [-0.2, 0) is 4.79 Å². The molecule has 1 atom stereocenters. The molecule has 1 fully saturated rings. The highest BCUT2D eigenvalue weighted by atomic mass is 19.1. The molecule has 1 saturated heterocycles. The SMILES string of the molecule is Cc1ccc(C)c(N2CC(c3nc(-c4cccc(F)c4)no3)CC2=O)c1. The molecule has 132 valence electrons. The van der Waals surface area contributed by atoms with Crippen molar-refractivity contribution < 1.29 is 13.7 Å². The van der Waals surface area contributed by atoms with Crippen LogP contribution in [0.25, 0.3) is 11.4 Å². The molecule has 0 N–H and O–H groups in total. The summed E-state index contributed by atoms with van der Waals surface area (Å²) in [5.41, 5.74) is 3.63. The summed E-state index contributed by atoms with van der Waals surface area (Å²) in [7, 11) is 0. The third kappa shape index (κ3) is 2.98. The number of amides is 1. The molecule has 4 rings (SSSR count). The Labute approximate surface area is 150 Å². The maximum atomic E-state index is 13.4. The zero-order valence-corrected chi connectivity index (χ0v) is 14.6. The highest BCUT2D eigenvalue weighted by Crippen LogP contribution is 2.33. The molecule has 2 heterocycles. The minimum atomic E-state index is -0.356. The monoisotopic (exact) mass is 351 g/mol. The lowest BCUT2D eigenvalue weighted by atomic mass is 10.1. The second-order valence-electron chi connectivity index (χ2n) is 6.66. The summed E-state index contributed by atoms with van der Waals surface area (Å²) in [6, 6.07) is 12.1. The second kappa shape index (κ2) is 6.37. The molecule has 0 aliphatic carbocycles. The highest BCUT2D eigenvalue weighted by molar-refractivity contribution is 5.97. The number of aromatic nitrogens is 2. The Balaban J connectivity index is 1.59. The lowest BCUT2D eigenvalue weighted by Gasteiger charge is -2.19. The molecule has 5 nitrogen and oxygen atoms in total. The Morgan fingerprint density at radius 3 is 2.85 bits per heavy atom. The first-order chi connectivity index (χ1) is 12.5. The topological polar surface area (TPSA) is 59.2 Å². The van der Waals surface area contributed by atoms with Crippen molar-refractivity contribution in [3.8, 4) is 11.4 Å². The first kappa shape index (κ1) is 16.4. The molecule has 1 aliphatic rings. The molecule has 1 aromatic heterocycles. The minimum absolute atomic E-state index is 0.0363. The first-order valence-electron chi connectivity index (χ1n) is 8.48. The van der Waals surface area contributed by atoms with Crippen LogP contribution in [0.15, 0.2) is 47.0 Å². The van der Waals surface area contributed by atoms with E-state index < -0.39 is 0 Å². The van der Waals surface area contributed by atoms with E-state index in [0.29, 0.717) is 30.2 Å². The Bertz CT molecular complexity index is 983. The molecular formula is C20H18FN3O2. The molecule has 0 spiro atoms. The van der Waals surface area contributed by atoms with Gasteiger partial charge in [0.15, 0.2) is 0 Å². The first-order valence-corrected chi connectivity index (χ1v) is 8.48. The summed E-state index contributed by atoms with van der Waals surface area (Å²) in [5.74, 6) is 0.250. The van der Waals surface area contributed by atoms with Crippen molar-refractivity contribution >= 4 is 11.6 Å². The quantitative estimate of drug-likeness (QED) is 0.715. The number of anilines is 1. The maximum Gasteiger partial charge on any atom is 0.232 e. The van der Waals surface area contributed by atoms with Crippen molar-refractivity contribution in [3.05, 3.63) is 65.3 Å². The average Bonchev–Trinajstić information content (AvgIpc) is 3.24. The van der Waals surface area contributed by atoms with Crippen molar-refractivity contribution in [1.29, 1.82) is 0 Å². The number of hydrogen-bond donors (Lipinski definition) is 0. The third-order valence-electron chi connectivity index (χ3n) is 4.65. The molecule has 3 aromatic rings. The average molecular weight is 351 g/mol. The summed E-state index contributed by atoms with van der Waals surface area (Å²) in [6.07, 6.45) is 0.318. The molecule has 0 bridgehead atoms. The van der Waals surface area contributed by atoms with Crippen molar-refractivity contribution in [2.45, 2.75) is 26.2 Å². The lowest BCUT2D eigenvalue weighted by molar-refractivity contribution is -0.117. The van der Waals surface area contributed by atoms with Gasteiger partial charge in [-0.2, -0.15) is 4.98 Å². The molecular weight excluding hydrogens is 333 g/mol. The summed E-state index contributed by atoms with van der Waals surface area (Å²) in [4.78, 5) is 18.7. The van der Waals surface area contributed by atoms with Gasteiger partial charge in [0, 0.05) is 24.2 Å². The van der Waals surface area contributed by atoms with Crippen LogP contribution in [0.1, 0.15) is 29.4 Å². The van der Waals surface area contributed by atoms with Gasteiger partial charge in [0.05, 0.1) is 5.92 Å². The summed E-state index contributed by atoms with van der Waals surface area (Å²) >= 11 is 0. The standard InChI is InChI=1S/C20H18FN3O2/c1-12-6-7-13(2)17(8-12)24-11-15(10-18(24)25)20-22-19(23-26-20)14-4-3-5-16(21)9-14/h3-9,15H,10-11H2,1-2H3. The highest BCUT2D eigenvalue weighted by Gasteiger charge is 2.35. The van der Waals surface area contributed by atoms with Crippen molar-refractivity contribution in [2.24, 2.45) is 0 Å². The van der Waals surface area contributed by atoms with Gasteiger partial charge in [-0.3, -0.25) is 4.79 Å². The summed E-state index contributed by atoms with van der Waals surface area (Å²) < 4.78 is 18.8. The van der Waals surface area contributed by atoms with E-state index in [1.54, 1.807) is 17.0 Å². The van der Waals surface area contributed by atoms with Gasteiger partial charge in [0.25, 0.3) is 0 Å². The van der Waals surface area contributed by atoms with E-state index >= 15 is 0 Å². The zero-order valence-electron chi connectivity index (χ0n) is 14.6. The molecule has 1 amide bonds. The maximum absolute atomic E-state index is 13.4. The van der Waals surface area contributed by atoms with Gasteiger partial charge in [-0.05, 0) is 43.2 Å². The van der Waals surface area contributed by atoms with E-state index in [-0.39, 0.29) is 17.6 Å². The van der Waals surface area contributed by atoms with Gasteiger partial charge >= 0.3 is 0 Å². The number of carbonyl (C=O) groups is 1. The van der Waals surface area contributed by atoms with E-state index in [1.807, 2.05) is 32.0 Å². The largest absolute Gasteiger partial charge is 0.339 e. The molecule has 26 heavy (non-hydrogen) atoms. The van der Waals surface area contributed by atoms with Crippen molar-refractivity contribution in [2.75, 3.05) is 11.4 Å². The predicted octanol–water partition coefficient (Wildman–Crippen LogP) is 4.01. The van der Waals surface area contributed by atoms with Gasteiger partial charge < -0.3 is 9.42 Å². The predicted molar refractivity (Wildman–Crippen MR) is 95.3 cm³/mol. The smallest absolute Gasteiger partial charge is 0.232 e. The van der Waals surface area contributed by atoms with Crippen LogP contribution in [0.2, 0.25) is 0 Å². The summed E-state index contributed by atoms with van der Waals surface area (Å²) in [6.45, 7) is 4.49. The van der Waals surface area contributed by atoms with E-state index in [2.05, 4.69) is 10.1 Å².